The van der Waals surface area contributed by atoms with Crippen LogP contribution in [-0.4, -0.2) is 44.3 Å². The van der Waals surface area contributed by atoms with Gasteiger partial charge in [-0.15, -0.1) is 0 Å². The lowest BCUT2D eigenvalue weighted by Crippen LogP contribution is -2.41. The Bertz CT molecular complexity index is 576. The fourth-order valence-electron chi connectivity index (χ4n) is 2.28. The topological polar surface area (TPSA) is 88.7 Å². The lowest BCUT2D eigenvalue weighted by atomic mass is 10.2. The van der Waals surface area contributed by atoms with Crippen molar-refractivity contribution in [1.82, 2.24) is 10.6 Å². The standard InChI is InChI=1S/C16H22FN3O4/c1-2-18-16(22)20-15(21)9-19-13-8-11(17)5-6-14(13)24-10-12-4-3-7-23-12/h5-6,8,12,19H,2-4,7,9-10H2,1H3,(H2,18,20,21,22). The maximum absolute atomic E-state index is 13.4. The molecule has 0 spiro atoms. The maximum atomic E-state index is 13.4. The van der Waals surface area contributed by atoms with Gasteiger partial charge in [-0.25, -0.2) is 9.18 Å². The molecule has 1 heterocycles. The van der Waals surface area contributed by atoms with Gasteiger partial charge in [-0.1, -0.05) is 0 Å². The Balaban J connectivity index is 1.89. The molecule has 0 radical (unpaired) electrons. The van der Waals surface area contributed by atoms with E-state index >= 15 is 0 Å². The molecule has 3 N–H and O–H groups in total. The SMILES string of the molecule is CCNC(=O)NC(=O)CNc1cc(F)ccc1OCC1CCCO1. The first-order chi connectivity index (χ1) is 11.6. The zero-order chi connectivity index (χ0) is 17.4. The molecule has 3 amide bonds. The van der Waals surface area contributed by atoms with Crippen molar-refractivity contribution in [1.29, 1.82) is 0 Å². The molecule has 7 nitrogen and oxygen atoms in total. The van der Waals surface area contributed by atoms with Crippen LogP contribution in [0.25, 0.3) is 0 Å². The van der Waals surface area contributed by atoms with Gasteiger partial charge in [0.15, 0.2) is 0 Å². The summed E-state index contributed by atoms with van der Waals surface area (Å²) >= 11 is 0. The van der Waals surface area contributed by atoms with E-state index in [4.69, 9.17) is 9.47 Å². The maximum Gasteiger partial charge on any atom is 0.321 e. The summed E-state index contributed by atoms with van der Waals surface area (Å²) in [6, 6.07) is 3.45. The second-order valence-corrected chi connectivity index (χ2v) is 5.35. The van der Waals surface area contributed by atoms with Crippen molar-refractivity contribution in [2.75, 3.05) is 31.6 Å². The number of carbonyl (C=O) groups is 2. The van der Waals surface area contributed by atoms with Crippen LogP contribution in [0.5, 0.6) is 5.75 Å². The van der Waals surface area contributed by atoms with Crippen molar-refractivity contribution in [2.45, 2.75) is 25.9 Å². The third-order valence-corrected chi connectivity index (χ3v) is 3.42. The predicted octanol–water partition coefficient (Wildman–Crippen LogP) is 1.64. The van der Waals surface area contributed by atoms with E-state index in [-0.39, 0.29) is 12.6 Å². The number of imide groups is 1. The second kappa shape index (κ2) is 9.07. The van der Waals surface area contributed by atoms with Gasteiger partial charge in [-0.3, -0.25) is 10.1 Å². The molecule has 132 valence electrons. The van der Waals surface area contributed by atoms with E-state index in [1.165, 1.54) is 18.2 Å². The molecule has 1 aromatic rings. The number of ether oxygens (including phenoxy) is 2. The third kappa shape index (κ3) is 5.69. The zero-order valence-corrected chi connectivity index (χ0v) is 13.6. The Labute approximate surface area is 139 Å². The Morgan fingerprint density at radius 3 is 2.96 bits per heavy atom. The molecule has 8 heteroatoms. The first-order valence-corrected chi connectivity index (χ1v) is 7.94. The smallest absolute Gasteiger partial charge is 0.321 e. The van der Waals surface area contributed by atoms with Gasteiger partial charge < -0.3 is 20.1 Å². The van der Waals surface area contributed by atoms with Crippen LogP contribution in [0.15, 0.2) is 18.2 Å². The van der Waals surface area contributed by atoms with Crippen molar-refractivity contribution in [2.24, 2.45) is 0 Å². The number of benzene rings is 1. The van der Waals surface area contributed by atoms with Crippen LogP contribution in [0.4, 0.5) is 14.9 Å². The van der Waals surface area contributed by atoms with Gasteiger partial charge in [0.25, 0.3) is 0 Å². The number of urea groups is 1. The number of nitrogens with one attached hydrogen (secondary N) is 3. The average Bonchev–Trinajstić information content (AvgIpc) is 3.05. The predicted molar refractivity (Wildman–Crippen MR) is 86.6 cm³/mol. The molecule has 0 aliphatic carbocycles. The fourth-order valence-corrected chi connectivity index (χ4v) is 2.28. The molecule has 1 unspecified atom stereocenters. The molecule has 1 aromatic carbocycles. The van der Waals surface area contributed by atoms with E-state index in [2.05, 4.69) is 16.0 Å². The highest BCUT2D eigenvalue weighted by atomic mass is 19.1. The van der Waals surface area contributed by atoms with Crippen molar-refractivity contribution in [3.05, 3.63) is 24.0 Å². The van der Waals surface area contributed by atoms with Crippen molar-refractivity contribution < 1.29 is 23.5 Å². The van der Waals surface area contributed by atoms with Gasteiger partial charge in [0.1, 0.15) is 18.2 Å². The molecule has 0 aromatic heterocycles. The number of amides is 3. The molecule has 1 aliphatic rings. The molecule has 2 rings (SSSR count). The zero-order valence-electron chi connectivity index (χ0n) is 13.6. The number of rotatable bonds is 7. The number of hydrogen-bond acceptors (Lipinski definition) is 5. The number of hydrogen-bond donors (Lipinski definition) is 3. The van der Waals surface area contributed by atoms with Gasteiger partial charge in [0, 0.05) is 19.2 Å². The minimum Gasteiger partial charge on any atom is -0.489 e. The van der Waals surface area contributed by atoms with Crippen LogP contribution in [0, 0.1) is 5.82 Å². The third-order valence-electron chi connectivity index (χ3n) is 3.42. The Morgan fingerprint density at radius 2 is 2.25 bits per heavy atom. The number of halogens is 1. The summed E-state index contributed by atoms with van der Waals surface area (Å²) in [6.07, 6.45) is 1.96. The van der Waals surface area contributed by atoms with Crippen LogP contribution in [0.1, 0.15) is 19.8 Å². The highest BCUT2D eigenvalue weighted by Crippen LogP contribution is 2.26. The summed E-state index contributed by atoms with van der Waals surface area (Å²) in [7, 11) is 0. The average molecular weight is 339 g/mol. The Morgan fingerprint density at radius 1 is 1.42 bits per heavy atom. The molecule has 24 heavy (non-hydrogen) atoms. The van der Waals surface area contributed by atoms with Crippen LogP contribution >= 0.6 is 0 Å². The molecule has 1 aliphatic heterocycles. The van der Waals surface area contributed by atoms with E-state index in [0.29, 0.717) is 24.6 Å². The van der Waals surface area contributed by atoms with E-state index in [0.717, 1.165) is 19.4 Å². The van der Waals surface area contributed by atoms with Crippen molar-refractivity contribution in [3.63, 3.8) is 0 Å². The van der Waals surface area contributed by atoms with E-state index in [1.807, 2.05) is 0 Å². The van der Waals surface area contributed by atoms with Gasteiger partial charge in [-0.05, 0) is 31.9 Å². The van der Waals surface area contributed by atoms with Gasteiger partial charge in [0.05, 0.1) is 18.3 Å². The summed E-state index contributed by atoms with van der Waals surface area (Å²) in [5.41, 5.74) is 0.346. The van der Waals surface area contributed by atoms with Crippen molar-refractivity contribution >= 4 is 17.6 Å². The first kappa shape index (κ1) is 18.0. The van der Waals surface area contributed by atoms with Crippen LogP contribution in [0.2, 0.25) is 0 Å². The molecular weight excluding hydrogens is 317 g/mol. The van der Waals surface area contributed by atoms with E-state index in [1.54, 1.807) is 6.92 Å². The minimum absolute atomic E-state index is 0.0314. The number of carbonyl (C=O) groups excluding carboxylic acids is 2. The molecule has 1 fully saturated rings. The normalized spacial score (nSPS) is 16.5. The first-order valence-electron chi connectivity index (χ1n) is 7.94. The van der Waals surface area contributed by atoms with Gasteiger partial charge >= 0.3 is 6.03 Å². The van der Waals surface area contributed by atoms with E-state index in [9.17, 15) is 14.0 Å². The van der Waals surface area contributed by atoms with E-state index < -0.39 is 17.8 Å². The summed E-state index contributed by atoms with van der Waals surface area (Å²) in [4.78, 5) is 22.9. The van der Waals surface area contributed by atoms with Crippen LogP contribution < -0.4 is 20.7 Å². The molecule has 1 saturated heterocycles. The van der Waals surface area contributed by atoms with Crippen LogP contribution in [-0.2, 0) is 9.53 Å². The summed E-state index contributed by atoms with van der Waals surface area (Å²) in [5.74, 6) is -0.556. The minimum atomic E-state index is -0.571. The molecule has 1 atom stereocenters. The summed E-state index contributed by atoms with van der Waals surface area (Å²) in [5, 5.41) is 7.38. The molecular formula is C16H22FN3O4. The van der Waals surface area contributed by atoms with Gasteiger partial charge in [0.2, 0.25) is 5.91 Å². The lowest BCUT2D eigenvalue weighted by molar-refractivity contribution is -0.118. The van der Waals surface area contributed by atoms with Gasteiger partial charge in [-0.2, -0.15) is 0 Å². The largest absolute Gasteiger partial charge is 0.489 e. The molecule has 0 bridgehead atoms. The Hall–Kier alpha value is -2.35. The quantitative estimate of drug-likeness (QED) is 0.703. The lowest BCUT2D eigenvalue weighted by Gasteiger charge is -2.15. The highest BCUT2D eigenvalue weighted by Gasteiger charge is 2.17. The molecule has 0 saturated carbocycles. The van der Waals surface area contributed by atoms with Crippen LogP contribution in [0.3, 0.4) is 0 Å². The number of anilines is 1. The summed E-state index contributed by atoms with van der Waals surface area (Å²) in [6.45, 7) is 3.06. The summed E-state index contributed by atoms with van der Waals surface area (Å²) < 4.78 is 24.6. The fraction of sp³-hybridized carbons (Fsp3) is 0.500. The monoisotopic (exact) mass is 339 g/mol. The Kier molecular flexibility index (Phi) is 6.80. The second-order valence-electron chi connectivity index (χ2n) is 5.35. The highest BCUT2D eigenvalue weighted by molar-refractivity contribution is 5.96. The van der Waals surface area contributed by atoms with Crippen molar-refractivity contribution in [3.8, 4) is 5.75 Å².